The van der Waals surface area contributed by atoms with Gasteiger partial charge in [0.05, 0.1) is 13.2 Å². The van der Waals surface area contributed by atoms with Gasteiger partial charge in [-0.25, -0.2) is 0 Å². The van der Waals surface area contributed by atoms with Crippen LogP contribution >= 0.6 is 0 Å². The topological polar surface area (TPSA) is 35.5 Å². The maximum absolute atomic E-state index is 12.5. The highest BCUT2D eigenvalue weighted by atomic mass is 16.7. The van der Waals surface area contributed by atoms with Crippen LogP contribution in [0.25, 0.3) is 0 Å². The fourth-order valence-corrected chi connectivity index (χ4v) is 7.07. The van der Waals surface area contributed by atoms with Crippen molar-refractivity contribution in [2.24, 2.45) is 28.6 Å². The van der Waals surface area contributed by atoms with Gasteiger partial charge in [0.1, 0.15) is 0 Å². The van der Waals surface area contributed by atoms with E-state index in [1.807, 2.05) is 6.08 Å². The molecule has 3 fully saturated rings. The van der Waals surface area contributed by atoms with Crippen LogP contribution in [0.4, 0.5) is 0 Å². The van der Waals surface area contributed by atoms with E-state index in [0.29, 0.717) is 23.5 Å². The molecule has 3 heteroatoms. The maximum atomic E-state index is 12.5. The standard InChI is InChI=1S/C22H30O3/c1-14-12-15-16-4-5-19(23)21(16,3)7-6-17(15)20(2)8-9-22(13-18(14)20)24-10-11-25-22/h4-5,15-17H,6-13H2,1-3H3. The Bertz CT molecular complexity index is 683. The number of ether oxygens (including phenoxy) is 2. The molecule has 136 valence electrons. The quantitative estimate of drug-likeness (QED) is 0.611. The molecule has 5 aliphatic rings. The molecule has 2 saturated carbocycles. The predicted molar refractivity (Wildman–Crippen MR) is 95.9 cm³/mol. The Morgan fingerprint density at radius 3 is 2.60 bits per heavy atom. The van der Waals surface area contributed by atoms with Crippen LogP contribution < -0.4 is 0 Å². The first-order chi connectivity index (χ1) is 11.9. The van der Waals surface area contributed by atoms with Gasteiger partial charge in [0.25, 0.3) is 0 Å². The summed E-state index contributed by atoms with van der Waals surface area (Å²) in [4.78, 5) is 12.5. The second-order valence-electron chi connectivity index (χ2n) is 9.64. The summed E-state index contributed by atoms with van der Waals surface area (Å²) in [5, 5.41) is 0. The molecule has 1 heterocycles. The fourth-order valence-electron chi connectivity index (χ4n) is 7.07. The van der Waals surface area contributed by atoms with Gasteiger partial charge in [-0.15, -0.1) is 0 Å². The molecule has 0 N–H and O–H groups in total. The Morgan fingerprint density at radius 1 is 1.08 bits per heavy atom. The lowest BCUT2D eigenvalue weighted by molar-refractivity contribution is -0.185. The summed E-state index contributed by atoms with van der Waals surface area (Å²) >= 11 is 0. The highest BCUT2D eigenvalue weighted by molar-refractivity contribution is 5.97. The average molecular weight is 342 g/mol. The van der Waals surface area contributed by atoms with Crippen molar-refractivity contribution >= 4 is 5.78 Å². The van der Waals surface area contributed by atoms with Gasteiger partial charge in [-0.1, -0.05) is 31.1 Å². The average Bonchev–Trinajstić information content (AvgIpc) is 3.15. The third kappa shape index (κ3) is 2.03. The van der Waals surface area contributed by atoms with Crippen LogP contribution in [0.15, 0.2) is 23.3 Å². The number of fused-ring (bicyclic) bond motifs is 5. The molecule has 1 saturated heterocycles. The first kappa shape index (κ1) is 16.3. The van der Waals surface area contributed by atoms with Crippen molar-refractivity contribution in [2.75, 3.05) is 13.2 Å². The van der Waals surface area contributed by atoms with Crippen LogP contribution in [0, 0.1) is 28.6 Å². The van der Waals surface area contributed by atoms with Gasteiger partial charge in [0, 0.05) is 18.3 Å². The van der Waals surface area contributed by atoms with Crippen molar-refractivity contribution in [3.63, 3.8) is 0 Å². The van der Waals surface area contributed by atoms with E-state index in [2.05, 4.69) is 26.8 Å². The summed E-state index contributed by atoms with van der Waals surface area (Å²) in [5.41, 5.74) is 3.27. The number of allylic oxidation sites excluding steroid dienone is 3. The van der Waals surface area contributed by atoms with Gasteiger partial charge in [0.15, 0.2) is 11.6 Å². The molecule has 25 heavy (non-hydrogen) atoms. The fraction of sp³-hybridized carbons (Fsp3) is 0.773. The highest BCUT2D eigenvalue weighted by Gasteiger charge is 2.60. The zero-order chi connectivity index (χ0) is 17.4. The molecule has 4 aliphatic carbocycles. The van der Waals surface area contributed by atoms with Crippen LogP contribution in [-0.4, -0.2) is 24.8 Å². The van der Waals surface area contributed by atoms with Gasteiger partial charge in [0.2, 0.25) is 0 Å². The maximum Gasteiger partial charge on any atom is 0.172 e. The summed E-state index contributed by atoms with van der Waals surface area (Å²) < 4.78 is 12.1. The molecule has 5 atom stereocenters. The molecular formula is C22H30O3. The van der Waals surface area contributed by atoms with Crippen molar-refractivity contribution < 1.29 is 14.3 Å². The number of carbonyl (C=O) groups excluding carboxylic acids is 1. The SMILES string of the molecule is CC1=C2CC3(CCC2(C)C2CCC4(C)C(=O)C=CC4C2C1)OCCO3. The minimum atomic E-state index is -0.338. The number of rotatable bonds is 0. The van der Waals surface area contributed by atoms with Crippen molar-refractivity contribution in [2.45, 2.75) is 65.1 Å². The molecule has 5 unspecified atom stereocenters. The number of hydrogen-bond acceptors (Lipinski definition) is 3. The molecule has 1 aliphatic heterocycles. The Kier molecular flexibility index (Phi) is 3.30. The van der Waals surface area contributed by atoms with Crippen LogP contribution in [-0.2, 0) is 14.3 Å². The second kappa shape index (κ2) is 5.07. The first-order valence-electron chi connectivity index (χ1n) is 10.1. The molecule has 0 aromatic rings. The molecule has 0 aromatic carbocycles. The van der Waals surface area contributed by atoms with E-state index < -0.39 is 0 Å². The Morgan fingerprint density at radius 2 is 1.84 bits per heavy atom. The van der Waals surface area contributed by atoms with Crippen molar-refractivity contribution in [3.05, 3.63) is 23.3 Å². The van der Waals surface area contributed by atoms with E-state index in [1.54, 1.807) is 11.1 Å². The van der Waals surface area contributed by atoms with Gasteiger partial charge < -0.3 is 9.47 Å². The summed E-state index contributed by atoms with van der Waals surface area (Å²) in [6.07, 6.45) is 10.6. The Balaban J connectivity index is 1.53. The van der Waals surface area contributed by atoms with E-state index in [1.165, 1.54) is 6.42 Å². The Hall–Kier alpha value is -0.930. The zero-order valence-electron chi connectivity index (χ0n) is 15.8. The van der Waals surface area contributed by atoms with Crippen LogP contribution in [0.2, 0.25) is 0 Å². The normalized spacial score (nSPS) is 47.8. The van der Waals surface area contributed by atoms with E-state index in [9.17, 15) is 4.79 Å². The molecule has 0 amide bonds. The van der Waals surface area contributed by atoms with E-state index in [-0.39, 0.29) is 16.6 Å². The third-order valence-corrected chi connectivity index (χ3v) is 8.56. The lowest BCUT2D eigenvalue weighted by Gasteiger charge is -2.58. The summed E-state index contributed by atoms with van der Waals surface area (Å²) in [6, 6.07) is 0. The predicted octanol–water partition coefficient (Wildman–Crippen LogP) is 4.43. The molecule has 5 rings (SSSR count). The number of ketones is 1. The monoisotopic (exact) mass is 342 g/mol. The molecule has 0 radical (unpaired) electrons. The van der Waals surface area contributed by atoms with Crippen LogP contribution in [0.3, 0.4) is 0 Å². The van der Waals surface area contributed by atoms with E-state index in [4.69, 9.17) is 9.47 Å². The highest BCUT2D eigenvalue weighted by Crippen LogP contribution is 2.65. The smallest absolute Gasteiger partial charge is 0.172 e. The minimum absolute atomic E-state index is 0.136. The third-order valence-electron chi connectivity index (χ3n) is 8.56. The van der Waals surface area contributed by atoms with Gasteiger partial charge in [-0.2, -0.15) is 0 Å². The van der Waals surface area contributed by atoms with Crippen LogP contribution in [0.5, 0.6) is 0 Å². The molecule has 0 bridgehead atoms. The van der Waals surface area contributed by atoms with Crippen LogP contribution in [0.1, 0.15) is 59.3 Å². The van der Waals surface area contributed by atoms with Gasteiger partial charge >= 0.3 is 0 Å². The number of hydrogen-bond donors (Lipinski definition) is 0. The zero-order valence-corrected chi connectivity index (χ0v) is 15.8. The van der Waals surface area contributed by atoms with E-state index in [0.717, 1.165) is 45.3 Å². The summed E-state index contributed by atoms with van der Waals surface area (Å²) in [6.45, 7) is 8.51. The minimum Gasteiger partial charge on any atom is -0.347 e. The van der Waals surface area contributed by atoms with Gasteiger partial charge in [-0.05, 0) is 61.9 Å². The summed E-state index contributed by atoms with van der Waals surface area (Å²) in [7, 11) is 0. The van der Waals surface area contributed by atoms with Crippen molar-refractivity contribution in [1.82, 2.24) is 0 Å². The second-order valence-corrected chi connectivity index (χ2v) is 9.64. The number of carbonyl (C=O) groups is 1. The first-order valence-corrected chi connectivity index (χ1v) is 10.1. The van der Waals surface area contributed by atoms with Crippen molar-refractivity contribution in [1.29, 1.82) is 0 Å². The lowest BCUT2D eigenvalue weighted by Crippen LogP contribution is -2.53. The summed E-state index contributed by atoms with van der Waals surface area (Å²) in [5.74, 6) is 1.77. The lowest BCUT2D eigenvalue weighted by atomic mass is 9.46. The van der Waals surface area contributed by atoms with Crippen molar-refractivity contribution in [3.8, 4) is 0 Å². The van der Waals surface area contributed by atoms with E-state index >= 15 is 0 Å². The van der Waals surface area contributed by atoms with Gasteiger partial charge in [-0.3, -0.25) is 4.79 Å². The molecule has 1 spiro atoms. The molecular weight excluding hydrogens is 312 g/mol. The molecule has 0 aromatic heterocycles. The largest absolute Gasteiger partial charge is 0.347 e. The molecule has 3 nitrogen and oxygen atoms in total. The Labute approximate surface area is 150 Å².